The number of aromatic carboxylic acids is 2. The Kier molecular flexibility index (Phi) is 20.8. The molecule has 130 valence electrons. The zero-order valence-corrected chi connectivity index (χ0v) is 20.9. The molecule has 0 amide bonds. The molecule has 0 aliphatic heterocycles. The summed E-state index contributed by atoms with van der Waals surface area (Å²) in [6.45, 7) is 0. The van der Waals surface area contributed by atoms with E-state index in [2.05, 4.69) is 0 Å². The van der Waals surface area contributed by atoms with Gasteiger partial charge in [-0.15, -0.1) is 11.4 Å². The number of carboxylic acid groups (broad SMARTS) is 2. The van der Waals surface area contributed by atoms with Crippen LogP contribution in [0.25, 0.3) is 0 Å². The van der Waals surface area contributed by atoms with Gasteiger partial charge in [-0.05, 0) is 24.3 Å². The first-order valence-electron chi connectivity index (χ1n) is 5.96. The zero-order chi connectivity index (χ0) is 18.7. The number of rotatable bonds is 2. The van der Waals surface area contributed by atoms with Crippen LogP contribution in [-0.2, 0) is 11.4 Å². The van der Waals surface area contributed by atoms with Crippen molar-refractivity contribution in [2.24, 2.45) is 0 Å². The monoisotopic (exact) mass is 434 g/mol. The first kappa shape index (κ1) is 31.0. The van der Waals surface area contributed by atoms with Crippen molar-refractivity contribution >= 4 is 23.3 Å². The third-order valence-corrected chi connectivity index (χ3v) is 2.27. The van der Waals surface area contributed by atoms with Crippen LogP contribution in [0.5, 0.6) is 11.5 Å². The number of hydrogen-bond donors (Lipinski definition) is 4. The average molecular weight is 435 g/mol. The maximum atomic E-state index is 10.3. The molecule has 0 fully saturated rings. The van der Waals surface area contributed by atoms with E-state index in [4.69, 9.17) is 33.7 Å². The molecule has 12 heteroatoms. The molecule has 26 heavy (non-hydrogen) atoms. The Morgan fingerprint density at radius 2 is 0.962 bits per heavy atom. The van der Waals surface area contributed by atoms with Crippen molar-refractivity contribution in [2.45, 2.75) is 0 Å². The zero-order valence-electron chi connectivity index (χ0n) is 13.9. The van der Waals surface area contributed by atoms with Crippen LogP contribution in [0.4, 0.5) is 0 Å². The van der Waals surface area contributed by atoms with Gasteiger partial charge in [0.25, 0.3) is 0 Å². The molecule has 0 aliphatic carbocycles. The number of carbonyl (C=O) groups is 2. The summed E-state index contributed by atoms with van der Waals surface area (Å²) in [4.78, 5) is 20.5. The summed E-state index contributed by atoms with van der Waals surface area (Å²) < 4.78 is 25.3. The molecule has 0 bridgehead atoms. The van der Waals surface area contributed by atoms with Gasteiger partial charge in [0.2, 0.25) is 0 Å². The molecule has 4 N–H and O–H groups in total. The van der Waals surface area contributed by atoms with Crippen molar-refractivity contribution in [2.75, 3.05) is 0 Å². The van der Waals surface area contributed by atoms with E-state index in [-0.39, 0.29) is 125 Å². The molecule has 0 aliphatic rings. The molecule has 9 nitrogen and oxygen atoms in total. The van der Waals surface area contributed by atoms with Gasteiger partial charge in [-0.3, -0.25) is 4.21 Å². The van der Waals surface area contributed by atoms with Gasteiger partial charge in [-0.1, -0.05) is 24.3 Å². The fourth-order valence-corrected chi connectivity index (χ4v) is 1.31. The number of hydrogen-bond acceptors (Lipinski definition) is 7. The number of benzene rings is 2. The molecule has 0 heterocycles. The number of para-hydroxylation sites is 2. The molecule has 0 unspecified atom stereocenters. The minimum atomic E-state index is -3.11. The molecule has 0 saturated heterocycles. The van der Waals surface area contributed by atoms with Crippen molar-refractivity contribution in [1.29, 1.82) is 0 Å². The van der Waals surface area contributed by atoms with Crippen molar-refractivity contribution in [3.05, 3.63) is 59.7 Å². The van der Waals surface area contributed by atoms with Gasteiger partial charge in [0.15, 0.2) is 0 Å². The van der Waals surface area contributed by atoms with E-state index in [9.17, 15) is 9.59 Å². The Labute approximate surface area is 236 Å². The number of carboxylic acids is 2. The Hall–Kier alpha value is 0.323. The second kappa shape index (κ2) is 17.4. The molecule has 0 saturated carbocycles. The van der Waals surface area contributed by atoms with E-state index in [0.29, 0.717) is 0 Å². The summed E-state index contributed by atoms with van der Waals surface area (Å²) in [6.07, 6.45) is 0. The van der Waals surface area contributed by atoms with E-state index in [1.165, 1.54) is 24.3 Å². The minimum absolute atomic E-state index is 0. The summed E-state index contributed by atoms with van der Waals surface area (Å²) in [5.41, 5.74) is -0.134. The van der Waals surface area contributed by atoms with Crippen LogP contribution in [-0.4, -0.2) is 45.7 Å². The molecular formula is C14H12K2O9S. The van der Waals surface area contributed by atoms with Gasteiger partial charge in [-0.25, -0.2) is 9.59 Å². The second-order valence-corrected chi connectivity index (χ2v) is 4.26. The van der Waals surface area contributed by atoms with Crippen LogP contribution in [0.15, 0.2) is 48.5 Å². The van der Waals surface area contributed by atoms with Gasteiger partial charge in [0.05, 0.1) is 0 Å². The van der Waals surface area contributed by atoms with Crippen LogP contribution in [0.1, 0.15) is 20.7 Å². The van der Waals surface area contributed by atoms with Gasteiger partial charge in [0, 0.05) is 0 Å². The van der Waals surface area contributed by atoms with Crippen molar-refractivity contribution in [3.63, 3.8) is 0 Å². The fourth-order valence-electron chi connectivity index (χ4n) is 1.31. The van der Waals surface area contributed by atoms with Gasteiger partial charge in [0.1, 0.15) is 22.6 Å². The van der Waals surface area contributed by atoms with Gasteiger partial charge < -0.3 is 29.5 Å². The Morgan fingerprint density at radius 3 is 1.12 bits per heavy atom. The maximum absolute atomic E-state index is 10.3. The maximum Gasteiger partial charge on any atom is 1.00 e. The van der Waals surface area contributed by atoms with Crippen LogP contribution < -0.4 is 103 Å². The summed E-state index contributed by atoms with van der Waals surface area (Å²) >= 11 is -3.11. The third kappa shape index (κ3) is 14.4. The van der Waals surface area contributed by atoms with Crippen molar-refractivity contribution < 1.29 is 146 Å². The average Bonchev–Trinajstić information content (AvgIpc) is 2.47. The predicted octanol–water partition coefficient (Wildman–Crippen LogP) is -4.82. The predicted molar refractivity (Wildman–Crippen MR) is 79.8 cm³/mol. The smallest absolute Gasteiger partial charge is 0.784 e. The Balaban J connectivity index is -0.000000319. The Bertz CT molecular complexity index is 666. The van der Waals surface area contributed by atoms with Gasteiger partial charge in [-0.2, -0.15) is 0 Å². The molecular weight excluding hydrogens is 422 g/mol. The largest absolute Gasteiger partial charge is 1.00 e. The third-order valence-electron chi connectivity index (χ3n) is 2.27. The summed E-state index contributed by atoms with van der Waals surface area (Å²) in [6, 6.07) is 11.6. The first-order chi connectivity index (χ1) is 11.2. The fraction of sp³-hybridized carbons (Fsp3) is 0. The van der Waals surface area contributed by atoms with Crippen LogP contribution >= 0.6 is 0 Å². The SMILES string of the molecule is O=C(O)c1ccccc1O.O=C(O)c1ccccc1O.O=S([O-])[O-].[K+].[K+]. The Morgan fingerprint density at radius 1 is 0.731 bits per heavy atom. The quantitative estimate of drug-likeness (QED) is 0.266. The van der Waals surface area contributed by atoms with Crippen molar-refractivity contribution in [3.8, 4) is 11.5 Å². The van der Waals surface area contributed by atoms with E-state index >= 15 is 0 Å². The van der Waals surface area contributed by atoms with Crippen LogP contribution in [0.3, 0.4) is 0 Å². The topological polar surface area (TPSA) is 178 Å². The summed E-state index contributed by atoms with van der Waals surface area (Å²) in [7, 11) is 0. The molecule has 0 radical (unpaired) electrons. The molecule has 2 aromatic carbocycles. The molecule has 0 atom stereocenters. The van der Waals surface area contributed by atoms with E-state index in [0.717, 1.165) is 0 Å². The summed E-state index contributed by atoms with van der Waals surface area (Å²) in [5, 5.41) is 34.6. The normalized spacial score (nSPS) is 8.42. The van der Waals surface area contributed by atoms with E-state index in [1.807, 2.05) is 0 Å². The van der Waals surface area contributed by atoms with E-state index in [1.54, 1.807) is 24.3 Å². The van der Waals surface area contributed by atoms with Gasteiger partial charge >= 0.3 is 115 Å². The minimum Gasteiger partial charge on any atom is -0.784 e. The molecule has 2 rings (SSSR count). The first-order valence-corrected chi connectivity index (χ1v) is 6.96. The second-order valence-electron chi connectivity index (χ2n) is 3.85. The molecule has 0 aromatic heterocycles. The van der Waals surface area contributed by atoms with Crippen LogP contribution in [0.2, 0.25) is 0 Å². The summed E-state index contributed by atoms with van der Waals surface area (Å²) in [5.74, 6) is -2.62. The van der Waals surface area contributed by atoms with E-state index < -0.39 is 23.3 Å². The van der Waals surface area contributed by atoms with Crippen molar-refractivity contribution in [1.82, 2.24) is 0 Å². The standard InChI is InChI=1S/2C7H6O3.2K.H2O3S/c2*8-6-4-2-1-3-5(6)7(9)10;;;1-4(2)3/h2*1-4,8H,(H,9,10);;;(H2,1,2,3)/q;;2*+1;/p-2. The van der Waals surface area contributed by atoms with Crippen LogP contribution in [0, 0.1) is 0 Å². The molecule has 2 aromatic rings. The number of phenols is 2. The molecule has 0 spiro atoms. The number of aromatic hydroxyl groups is 2.